The van der Waals surface area contributed by atoms with Crippen molar-refractivity contribution in [1.82, 2.24) is 5.43 Å². The van der Waals surface area contributed by atoms with E-state index in [9.17, 15) is 14.4 Å². The highest BCUT2D eigenvalue weighted by atomic mass is 16.5. The fourth-order valence-electron chi connectivity index (χ4n) is 2.55. The van der Waals surface area contributed by atoms with Crippen LogP contribution in [0.15, 0.2) is 77.9 Å². The van der Waals surface area contributed by atoms with Gasteiger partial charge in [0.1, 0.15) is 5.75 Å². The van der Waals surface area contributed by atoms with E-state index >= 15 is 0 Å². The van der Waals surface area contributed by atoms with E-state index in [4.69, 9.17) is 4.74 Å². The zero-order valence-corrected chi connectivity index (χ0v) is 17.1. The largest absolute Gasteiger partial charge is 0.423 e. The minimum absolute atomic E-state index is 0.331. The summed E-state index contributed by atoms with van der Waals surface area (Å²) in [5.74, 6) is -1.88. The van der Waals surface area contributed by atoms with Gasteiger partial charge in [-0.3, -0.25) is 9.59 Å². The van der Waals surface area contributed by atoms with E-state index in [1.54, 1.807) is 48.5 Å². The molecule has 0 aliphatic rings. The van der Waals surface area contributed by atoms with Gasteiger partial charge < -0.3 is 10.1 Å². The molecule has 0 saturated carbocycles. The molecule has 7 heteroatoms. The molecular weight excluding hydrogens is 394 g/mol. The number of nitrogens with zero attached hydrogens (tertiary/aromatic N) is 1. The van der Waals surface area contributed by atoms with Crippen LogP contribution in [-0.2, 0) is 9.59 Å². The molecule has 0 fully saturated rings. The Morgan fingerprint density at radius 1 is 0.839 bits per heavy atom. The number of aryl methyl sites for hydroxylation is 2. The van der Waals surface area contributed by atoms with Gasteiger partial charge in [-0.05, 0) is 55.8 Å². The van der Waals surface area contributed by atoms with Crippen molar-refractivity contribution in [3.05, 3.63) is 95.1 Å². The summed E-state index contributed by atoms with van der Waals surface area (Å²) in [5.41, 5.74) is 5.78. The summed E-state index contributed by atoms with van der Waals surface area (Å²) in [4.78, 5) is 36.0. The number of benzene rings is 3. The molecule has 3 aromatic rings. The number of amides is 2. The van der Waals surface area contributed by atoms with Crippen LogP contribution < -0.4 is 15.5 Å². The van der Waals surface area contributed by atoms with E-state index in [0.29, 0.717) is 22.6 Å². The molecule has 0 saturated heterocycles. The molecule has 0 spiro atoms. The zero-order chi connectivity index (χ0) is 22.2. The Kier molecular flexibility index (Phi) is 6.90. The standard InChI is InChI=1S/C24H21N3O4/c1-16-6-10-19(11-7-16)24(30)31-21-5-3-4-18(14-21)15-25-27-23(29)22(28)26-20-12-8-17(2)9-13-20/h3-15H,1-2H3,(H,26,28)(H,27,29). The summed E-state index contributed by atoms with van der Waals surface area (Å²) in [7, 11) is 0. The molecule has 0 radical (unpaired) electrons. The number of hydrazone groups is 1. The molecule has 2 amide bonds. The van der Waals surface area contributed by atoms with Gasteiger partial charge in [-0.1, -0.05) is 47.5 Å². The number of nitrogens with one attached hydrogen (secondary N) is 2. The lowest BCUT2D eigenvalue weighted by atomic mass is 10.1. The van der Waals surface area contributed by atoms with E-state index in [-0.39, 0.29) is 0 Å². The van der Waals surface area contributed by atoms with E-state index in [1.807, 2.05) is 38.1 Å². The lowest BCUT2D eigenvalue weighted by molar-refractivity contribution is -0.136. The molecule has 3 aromatic carbocycles. The van der Waals surface area contributed by atoms with Crippen molar-refractivity contribution in [3.63, 3.8) is 0 Å². The molecule has 0 heterocycles. The van der Waals surface area contributed by atoms with Crippen LogP contribution in [-0.4, -0.2) is 24.0 Å². The summed E-state index contributed by atoms with van der Waals surface area (Å²) < 4.78 is 5.37. The molecule has 2 N–H and O–H groups in total. The second-order valence-electron chi connectivity index (χ2n) is 6.85. The van der Waals surface area contributed by atoms with E-state index in [0.717, 1.165) is 11.1 Å². The number of ether oxygens (including phenoxy) is 1. The maximum atomic E-state index is 12.2. The second-order valence-corrected chi connectivity index (χ2v) is 6.85. The van der Waals surface area contributed by atoms with Gasteiger partial charge in [0.05, 0.1) is 11.8 Å². The number of carbonyl (C=O) groups is 3. The molecule has 0 aromatic heterocycles. The smallest absolute Gasteiger partial charge is 0.343 e. The highest BCUT2D eigenvalue weighted by Crippen LogP contribution is 2.15. The summed E-state index contributed by atoms with van der Waals surface area (Å²) in [6.45, 7) is 3.86. The van der Waals surface area contributed by atoms with Crippen LogP contribution in [0.4, 0.5) is 5.69 Å². The molecular formula is C24H21N3O4. The molecule has 0 unspecified atom stereocenters. The highest BCUT2D eigenvalue weighted by molar-refractivity contribution is 6.39. The van der Waals surface area contributed by atoms with Crippen molar-refractivity contribution in [2.45, 2.75) is 13.8 Å². The second kappa shape index (κ2) is 9.98. The minimum atomic E-state index is -0.904. The SMILES string of the molecule is Cc1ccc(NC(=O)C(=O)NN=Cc2cccc(OC(=O)c3ccc(C)cc3)c2)cc1. The predicted octanol–water partition coefficient (Wildman–Crippen LogP) is 3.61. The summed E-state index contributed by atoms with van der Waals surface area (Å²) in [6, 6.07) is 20.7. The minimum Gasteiger partial charge on any atom is -0.423 e. The molecule has 0 atom stereocenters. The fraction of sp³-hybridized carbons (Fsp3) is 0.0833. The Morgan fingerprint density at radius 3 is 2.16 bits per heavy atom. The van der Waals surface area contributed by atoms with Crippen molar-refractivity contribution in [3.8, 4) is 5.75 Å². The third-order valence-corrected chi connectivity index (χ3v) is 4.25. The van der Waals surface area contributed by atoms with Gasteiger partial charge in [0.15, 0.2) is 0 Å². The Bertz CT molecular complexity index is 1120. The fourth-order valence-corrected chi connectivity index (χ4v) is 2.55. The van der Waals surface area contributed by atoms with Gasteiger partial charge in [0.25, 0.3) is 0 Å². The number of esters is 1. The van der Waals surface area contributed by atoms with Crippen molar-refractivity contribution in [2.24, 2.45) is 5.10 Å². The molecule has 3 rings (SSSR count). The lowest BCUT2D eigenvalue weighted by Gasteiger charge is -2.05. The monoisotopic (exact) mass is 415 g/mol. The van der Waals surface area contributed by atoms with E-state index in [1.165, 1.54) is 6.21 Å². The number of hydrogen-bond acceptors (Lipinski definition) is 5. The highest BCUT2D eigenvalue weighted by Gasteiger charge is 2.13. The van der Waals surface area contributed by atoms with Gasteiger partial charge >= 0.3 is 17.8 Å². The van der Waals surface area contributed by atoms with Crippen molar-refractivity contribution >= 4 is 29.7 Å². The Morgan fingerprint density at radius 2 is 1.48 bits per heavy atom. The Hall–Kier alpha value is -4.26. The maximum Gasteiger partial charge on any atom is 0.343 e. The normalized spacial score (nSPS) is 10.5. The molecule has 7 nitrogen and oxygen atoms in total. The third-order valence-electron chi connectivity index (χ3n) is 4.25. The topological polar surface area (TPSA) is 96.9 Å². The predicted molar refractivity (Wildman–Crippen MR) is 118 cm³/mol. The Labute approximate surface area is 179 Å². The van der Waals surface area contributed by atoms with Crippen LogP contribution >= 0.6 is 0 Å². The van der Waals surface area contributed by atoms with Gasteiger partial charge in [-0.15, -0.1) is 0 Å². The number of anilines is 1. The van der Waals surface area contributed by atoms with Crippen LogP contribution in [0, 0.1) is 13.8 Å². The van der Waals surface area contributed by atoms with Crippen molar-refractivity contribution in [1.29, 1.82) is 0 Å². The van der Waals surface area contributed by atoms with Crippen LogP contribution in [0.1, 0.15) is 27.0 Å². The van der Waals surface area contributed by atoms with Crippen molar-refractivity contribution < 1.29 is 19.1 Å². The van der Waals surface area contributed by atoms with Gasteiger partial charge in [0.2, 0.25) is 0 Å². The summed E-state index contributed by atoms with van der Waals surface area (Å²) >= 11 is 0. The summed E-state index contributed by atoms with van der Waals surface area (Å²) in [6.07, 6.45) is 1.35. The first kappa shape index (κ1) is 21.4. The first-order chi connectivity index (χ1) is 14.9. The summed E-state index contributed by atoms with van der Waals surface area (Å²) in [5, 5.41) is 6.27. The van der Waals surface area contributed by atoms with Crippen molar-refractivity contribution in [2.75, 3.05) is 5.32 Å². The Balaban J connectivity index is 1.55. The lowest BCUT2D eigenvalue weighted by Crippen LogP contribution is -2.32. The van der Waals surface area contributed by atoms with Crippen LogP contribution in [0.2, 0.25) is 0 Å². The van der Waals surface area contributed by atoms with Gasteiger partial charge in [0, 0.05) is 5.69 Å². The van der Waals surface area contributed by atoms with Crippen LogP contribution in [0.3, 0.4) is 0 Å². The van der Waals surface area contributed by atoms with Gasteiger partial charge in [-0.25, -0.2) is 10.2 Å². The third kappa shape index (κ3) is 6.37. The van der Waals surface area contributed by atoms with Gasteiger partial charge in [-0.2, -0.15) is 5.10 Å². The average molecular weight is 415 g/mol. The molecule has 31 heavy (non-hydrogen) atoms. The number of rotatable bonds is 5. The maximum absolute atomic E-state index is 12.2. The van der Waals surface area contributed by atoms with Crippen LogP contribution in [0.5, 0.6) is 5.75 Å². The first-order valence-corrected chi connectivity index (χ1v) is 9.51. The molecule has 0 aliphatic carbocycles. The van der Waals surface area contributed by atoms with E-state index < -0.39 is 17.8 Å². The number of carbonyl (C=O) groups excluding carboxylic acids is 3. The van der Waals surface area contributed by atoms with Crippen LogP contribution in [0.25, 0.3) is 0 Å². The first-order valence-electron chi connectivity index (χ1n) is 9.51. The van der Waals surface area contributed by atoms with E-state index in [2.05, 4.69) is 15.8 Å². The average Bonchev–Trinajstić information content (AvgIpc) is 2.76. The molecule has 0 aliphatic heterocycles. The molecule has 156 valence electrons. The molecule has 0 bridgehead atoms. The number of hydrogen-bond donors (Lipinski definition) is 2. The quantitative estimate of drug-likeness (QED) is 0.219. The zero-order valence-electron chi connectivity index (χ0n) is 17.1.